The van der Waals surface area contributed by atoms with Gasteiger partial charge in [0.1, 0.15) is 0 Å². The number of nitrogens with two attached hydrogens (primary N) is 1. The highest BCUT2D eigenvalue weighted by molar-refractivity contribution is 6.29. The van der Waals surface area contributed by atoms with Crippen molar-refractivity contribution < 1.29 is 14.3 Å². The number of benzene rings is 1. The second-order valence-electron chi connectivity index (χ2n) is 3.99. The molecule has 2 aromatic rings. The molecule has 0 aliphatic carbocycles. The normalized spacial score (nSPS) is 10.0. The lowest BCUT2D eigenvalue weighted by atomic mass is 10.1. The number of methoxy groups -OCH3 is 2. The molecule has 1 amide bonds. The van der Waals surface area contributed by atoms with Crippen molar-refractivity contribution in [1.82, 2.24) is 10.2 Å². The number of halogens is 1. The second-order valence-corrected chi connectivity index (χ2v) is 4.38. The van der Waals surface area contributed by atoms with Crippen LogP contribution in [0.25, 0.3) is 0 Å². The summed E-state index contributed by atoms with van der Waals surface area (Å²) in [5, 5.41) is 10.2. The first-order valence-corrected chi connectivity index (χ1v) is 6.25. The van der Waals surface area contributed by atoms with Gasteiger partial charge in [-0.1, -0.05) is 11.6 Å². The number of aromatic nitrogens is 2. The van der Waals surface area contributed by atoms with Gasteiger partial charge in [0.15, 0.2) is 22.5 Å². The zero-order valence-electron chi connectivity index (χ0n) is 11.4. The van der Waals surface area contributed by atoms with Crippen LogP contribution < -0.4 is 20.5 Å². The van der Waals surface area contributed by atoms with Gasteiger partial charge in [-0.25, -0.2) is 0 Å². The van der Waals surface area contributed by atoms with Gasteiger partial charge in [-0.05, 0) is 18.2 Å². The predicted molar refractivity (Wildman–Crippen MR) is 79.0 cm³/mol. The van der Waals surface area contributed by atoms with Crippen LogP contribution in [0.15, 0.2) is 24.3 Å². The summed E-state index contributed by atoms with van der Waals surface area (Å²) in [5.74, 6) is 0.667. The summed E-state index contributed by atoms with van der Waals surface area (Å²) in [7, 11) is 2.96. The Morgan fingerprint density at radius 2 is 1.86 bits per heavy atom. The molecular weight excluding hydrogens is 296 g/mol. The van der Waals surface area contributed by atoms with E-state index in [0.29, 0.717) is 11.5 Å². The summed E-state index contributed by atoms with van der Waals surface area (Å²) in [5.41, 5.74) is 6.34. The number of hydrogen-bond acceptors (Lipinski definition) is 6. The summed E-state index contributed by atoms with van der Waals surface area (Å²) in [6.45, 7) is 0. The molecule has 0 aliphatic heterocycles. The lowest BCUT2D eigenvalue weighted by Crippen LogP contribution is -2.15. The molecule has 0 atom stereocenters. The molecule has 3 N–H and O–H groups in total. The van der Waals surface area contributed by atoms with Crippen LogP contribution in [0.3, 0.4) is 0 Å². The average Bonchev–Trinajstić information content (AvgIpc) is 2.49. The average molecular weight is 309 g/mol. The number of rotatable bonds is 4. The maximum Gasteiger partial charge on any atom is 0.259 e. The molecule has 21 heavy (non-hydrogen) atoms. The Balaban J connectivity index is 2.28. The number of amides is 1. The van der Waals surface area contributed by atoms with Gasteiger partial charge >= 0.3 is 0 Å². The zero-order valence-corrected chi connectivity index (χ0v) is 12.1. The predicted octanol–water partition coefficient (Wildman–Crippen LogP) is 1.98. The van der Waals surface area contributed by atoms with Gasteiger partial charge in [-0.2, -0.15) is 0 Å². The molecule has 0 bridgehead atoms. The maximum absolute atomic E-state index is 12.2. The van der Waals surface area contributed by atoms with Crippen LogP contribution in [0, 0.1) is 0 Å². The molecule has 110 valence electrons. The van der Waals surface area contributed by atoms with Gasteiger partial charge in [-0.3, -0.25) is 4.79 Å². The molecule has 1 aromatic heterocycles. The topological polar surface area (TPSA) is 99.4 Å². The van der Waals surface area contributed by atoms with Gasteiger partial charge in [0.2, 0.25) is 0 Å². The van der Waals surface area contributed by atoms with Crippen LogP contribution in [0.5, 0.6) is 11.5 Å². The summed E-state index contributed by atoms with van der Waals surface area (Å²) >= 11 is 5.63. The number of carbonyl (C=O) groups is 1. The largest absolute Gasteiger partial charge is 0.493 e. The van der Waals surface area contributed by atoms with Crippen LogP contribution in [0.2, 0.25) is 5.15 Å². The Morgan fingerprint density at radius 3 is 2.43 bits per heavy atom. The fraction of sp³-hybridized carbons (Fsp3) is 0.154. The minimum absolute atomic E-state index is 0.235. The van der Waals surface area contributed by atoms with E-state index in [1.54, 1.807) is 0 Å². The van der Waals surface area contributed by atoms with E-state index in [1.165, 1.54) is 38.5 Å². The molecular formula is C13H13ClN4O3. The van der Waals surface area contributed by atoms with E-state index in [-0.39, 0.29) is 22.2 Å². The smallest absolute Gasteiger partial charge is 0.259 e. The molecule has 0 saturated heterocycles. The molecule has 0 aliphatic rings. The fourth-order valence-electron chi connectivity index (χ4n) is 1.66. The molecule has 2 rings (SSSR count). The van der Waals surface area contributed by atoms with Crippen LogP contribution in [0.4, 0.5) is 11.5 Å². The van der Waals surface area contributed by atoms with Gasteiger partial charge in [0, 0.05) is 11.8 Å². The molecule has 1 aromatic carbocycles. The first-order chi connectivity index (χ1) is 10.0. The van der Waals surface area contributed by atoms with Crippen molar-refractivity contribution in [3.05, 3.63) is 35.0 Å². The van der Waals surface area contributed by atoms with Gasteiger partial charge in [-0.15, -0.1) is 10.2 Å². The maximum atomic E-state index is 12.2. The molecule has 0 unspecified atom stereocenters. The van der Waals surface area contributed by atoms with Crippen molar-refractivity contribution in [2.45, 2.75) is 0 Å². The van der Waals surface area contributed by atoms with Crippen molar-refractivity contribution in [3.63, 3.8) is 0 Å². The standard InChI is InChI=1S/C13H13ClN4O3/c1-20-9-5-7(8(15)6-10(9)21-2)13(19)16-12-4-3-11(14)17-18-12/h3-6H,15H2,1-2H3,(H,16,18,19). The van der Waals surface area contributed by atoms with E-state index in [9.17, 15) is 4.79 Å². The van der Waals surface area contributed by atoms with Gasteiger partial charge < -0.3 is 20.5 Å². The summed E-state index contributed by atoms with van der Waals surface area (Å²) < 4.78 is 10.3. The van der Waals surface area contributed by atoms with Crippen molar-refractivity contribution >= 4 is 29.0 Å². The summed E-state index contributed by atoms with van der Waals surface area (Å²) in [6, 6.07) is 6.06. The van der Waals surface area contributed by atoms with E-state index in [1.807, 2.05) is 0 Å². The first kappa shape index (κ1) is 14.9. The summed E-state index contributed by atoms with van der Waals surface area (Å²) in [6.07, 6.45) is 0. The molecule has 0 radical (unpaired) electrons. The number of nitrogens with zero attached hydrogens (tertiary/aromatic N) is 2. The van der Waals surface area contributed by atoms with Crippen LogP contribution in [0.1, 0.15) is 10.4 Å². The Hall–Kier alpha value is -2.54. The van der Waals surface area contributed by atoms with Crippen LogP contribution >= 0.6 is 11.6 Å². The third-order valence-corrected chi connectivity index (χ3v) is 2.88. The second kappa shape index (κ2) is 6.27. The van der Waals surface area contributed by atoms with E-state index < -0.39 is 5.91 Å². The Labute approximate surface area is 126 Å². The molecule has 1 heterocycles. The van der Waals surface area contributed by atoms with Gasteiger partial charge in [0.25, 0.3) is 5.91 Å². The Kier molecular flexibility index (Phi) is 4.44. The third kappa shape index (κ3) is 3.32. The lowest BCUT2D eigenvalue weighted by molar-refractivity contribution is 0.102. The molecule has 0 saturated carbocycles. The van der Waals surface area contributed by atoms with Crippen LogP contribution in [-0.4, -0.2) is 30.3 Å². The van der Waals surface area contributed by atoms with Crippen LogP contribution in [-0.2, 0) is 0 Å². The van der Waals surface area contributed by atoms with Gasteiger partial charge in [0.05, 0.1) is 19.8 Å². The Bertz CT molecular complexity index is 661. The SMILES string of the molecule is COc1cc(N)c(C(=O)Nc2ccc(Cl)nn2)cc1OC. The number of nitrogens with one attached hydrogen (secondary N) is 1. The number of anilines is 2. The quantitative estimate of drug-likeness (QED) is 0.838. The minimum atomic E-state index is -0.440. The van der Waals surface area contributed by atoms with E-state index in [0.717, 1.165) is 0 Å². The number of ether oxygens (including phenoxy) is 2. The first-order valence-electron chi connectivity index (χ1n) is 5.87. The number of carbonyl (C=O) groups excluding carboxylic acids is 1. The highest BCUT2D eigenvalue weighted by Crippen LogP contribution is 2.32. The Morgan fingerprint density at radius 1 is 1.19 bits per heavy atom. The zero-order chi connectivity index (χ0) is 15.4. The molecule has 0 fully saturated rings. The minimum Gasteiger partial charge on any atom is -0.493 e. The molecule has 8 heteroatoms. The van der Waals surface area contributed by atoms with E-state index >= 15 is 0 Å². The highest BCUT2D eigenvalue weighted by Gasteiger charge is 2.16. The van der Waals surface area contributed by atoms with Crippen molar-refractivity contribution in [1.29, 1.82) is 0 Å². The summed E-state index contributed by atoms with van der Waals surface area (Å²) in [4.78, 5) is 12.2. The monoisotopic (exact) mass is 308 g/mol. The molecule has 0 spiro atoms. The van der Waals surface area contributed by atoms with Crippen molar-refractivity contribution in [3.8, 4) is 11.5 Å². The fourth-order valence-corrected chi connectivity index (χ4v) is 1.76. The highest BCUT2D eigenvalue weighted by atomic mass is 35.5. The number of hydrogen-bond donors (Lipinski definition) is 2. The lowest BCUT2D eigenvalue weighted by Gasteiger charge is -2.12. The third-order valence-electron chi connectivity index (χ3n) is 2.67. The molecule has 7 nitrogen and oxygen atoms in total. The number of nitrogen functional groups attached to an aromatic ring is 1. The van der Waals surface area contributed by atoms with E-state index in [4.69, 9.17) is 26.8 Å². The van der Waals surface area contributed by atoms with E-state index in [2.05, 4.69) is 15.5 Å². The van der Waals surface area contributed by atoms with Crippen molar-refractivity contribution in [2.75, 3.05) is 25.3 Å². The van der Waals surface area contributed by atoms with Crippen molar-refractivity contribution in [2.24, 2.45) is 0 Å².